The summed E-state index contributed by atoms with van der Waals surface area (Å²) >= 11 is 14.6. The molecule has 1 aliphatic rings. The highest BCUT2D eigenvalue weighted by Crippen LogP contribution is 2.32. The lowest BCUT2D eigenvalue weighted by atomic mass is 10.1. The molecule has 1 aromatic carbocycles. The van der Waals surface area contributed by atoms with Crippen molar-refractivity contribution in [3.8, 4) is 0 Å². The monoisotopic (exact) mass is 314 g/mol. The minimum absolute atomic E-state index is 0.0995. The summed E-state index contributed by atoms with van der Waals surface area (Å²) in [6, 6.07) is 5.95. The van der Waals surface area contributed by atoms with E-state index >= 15 is 0 Å². The largest absolute Gasteiger partial charge is 0.326 e. The molecule has 0 N–H and O–H groups in total. The van der Waals surface area contributed by atoms with E-state index in [0.29, 0.717) is 5.02 Å². The van der Waals surface area contributed by atoms with Crippen LogP contribution in [0.1, 0.15) is 24.5 Å². The van der Waals surface area contributed by atoms with E-state index in [-0.39, 0.29) is 5.38 Å². The highest BCUT2D eigenvalue weighted by atomic mass is 35.5. The van der Waals surface area contributed by atoms with Gasteiger partial charge in [0.05, 0.1) is 15.9 Å². The molecule has 5 heteroatoms. The van der Waals surface area contributed by atoms with E-state index in [9.17, 15) is 0 Å². The maximum absolute atomic E-state index is 6.29. The maximum Gasteiger partial charge on any atom is 0.127 e. The van der Waals surface area contributed by atoms with Crippen molar-refractivity contribution in [2.75, 3.05) is 11.5 Å². The molecule has 2 heterocycles. The van der Waals surface area contributed by atoms with Crippen LogP contribution in [0, 0.1) is 5.92 Å². The summed E-state index contributed by atoms with van der Waals surface area (Å²) in [7, 11) is 0. The summed E-state index contributed by atoms with van der Waals surface area (Å²) in [5, 5.41) is 0.605. The minimum atomic E-state index is -0.0995. The first-order valence-corrected chi connectivity index (χ1v) is 8.50. The van der Waals surface area contributed by atoms with Crippen LogP contribution < -0.4 is 0 Å². The molecule has 0 saturated carbocycles. The van der Waals surface area contributed by atoms with E-state index in [0.717, 1.165) is 29.3 Å². The Kier molecular flexibility index (Phi) is 3.97. The second kappa shape index (κ2) is 5.55. The molecule has 1 fully saturated rings. The van der Waals surface area contributed by atoms with Crippen molar-refractivity contribution < 1.29 is 0 Å². The Morgan fingerprint density at radius 1 is 1.53 bits per heavy atom. The van der Waals surface area contributed by atoms with E-state index < -0.39 is 0 Å². The van der Waals surface area contributed by atoms with Crippen LogP contribution in [0.5, 0.6) is 0 Å². The topological polar surface area (TPSA) is 17.8 Å². The number of thioether (sulfide) groups is 1. The highest BCUT2D eigenvalue weighted by Gasteiger charge is 2.21. The van der Waals surface area contributed by atoms with Crippen molar-refractivity contribution in [3.05, 3.63) is 29.0 Å². The van der Waals surface area contributed by atoms with Gasteiger partial charge in [-0.1, -0.05) is 17.7 Å². The second-order valence-electron chi connectivity index (χ2n) is 5.03. The first-order chi connectivity index (χ1) is 9.16. The summed E-state index contributed by atoms with van der Waals surface area (Å²) in [5.41, 5.74) is 1.98. The standard InChI is InChI=1S/C14H16Cl2N2S/c1-9(15)14-17-13-11(16)3-2-4-12(13)18(14)7-10-5-6-19-8-10/h2-4,9-10H,5-8H2,1H3. The smallest absolute Gasteiger partial charge is 0.127 e. The van der Waals surface area contributed by atoms with E-state index in [1.165, 1.54) is 17.9 Å². The van der Waals surface area contributed by atoms with Gasteiger partial charge in [0.25, 0.3) is 0 Å². The van der Waals surface area contributed by atoms with Gasteiger partial charge < -0.3 is 4.57 Å². The fourth-order valence-electron chi connectivity index (χ4n) is 2.61. The van der Waals surface area contributed by atoms with Crippen LogP contribution in [0.4, 0.5) is 0 Å². The van der Waals surface area contributed by atoms with Gasteiger partial charge in [-0.3, -0.25) is 0 Å². The molecule has 0 amide bonds. The molecule has 3 rings (SSSR count). The number of imidazole rings is 1. The third-order valence-electron chi connectivity index (χ3n) is 3.58. The van der Waals surface area contributed by atoms with Crippen LogP contribution in [-0.2, 0) is 6.54 Å². The molecule has 2 atom stereocenters. The van der Waals surface area contributed by atoms with Crippen molar-refractivity contribution in [2.45, 2.75) is 25.3 Å². The lowest BCUT2D eigenvalue weighted by Crippen LogP contribution is -2.13. The number of benzene rings is 1. The quantitative estimate of drug-likeness (QED) is 0.761. The molecule has 1 saturated heterocycles. The van der Waals surface area contributed by atoms with Crippen molar-refractivity contribution in [1.82, 2.24) is 9.55 Å². The van der Waals surface area contributed by atoms with Gasteiger partial charge in [-0.05, 0) is 42.9 Å². The Labute approximate surface area is 127 Å². The van der Waals surface area contributed by atoms with Gasteiger partial charge in [-0.25, -0.2) is 4.98 Å². The zero-order chi connectivity index (χ0) is 13.4. The Balaban J connectivity index is 2.08. The number of halogens is 2. The van der Waals surface area contributed by atoms with Gasteiger partial charge >= 0.3 is 0 Å². The molecule has 19 heavy (non-hydrogen) atoms. The molecular formula is C14H16Cl2N2S. The molecule has 0 aliphatic carbocycles. The molecule has 0 spiro atoms. The molecule has 102 valence electrons. The third-order valence-corrected chi connectivity index (χ3v) is 5.31. The van der Waals surface area contributed by atoms with Gasteiger partial charge in [0.1, 0.15) is 11.3 Å². The van der Waals surface area contributed by atoms with Crippen LogP contribution >= 0.6 is 35.0 Å². The van der Waals surface area contributed by atoms with E-state index in [1.54, 1.807) is 0 Å². The first-order valence-electron chi connectivity index (χ1n) is 6.53. The zero-order valence-corrected chi connectivity index (χ0v) is 13.1. The predicted octanol–water partition coefficient (Wildman–Crippen LogP) is 4.74. The minimum Gasteiger partial charge on any atom is -0.326 e. The Bertz CT molecular complexity index is 588. The molecular weight excluding hydrogens is 299 g/mol. The van der Waals surface area contributed by atoms with Crippen LogP contribution in [-0.4, -0.2) is 21.1 Å². The third kappa shape index (κ3) is 2.61. The predicted molar refractivity (Wildman–Crippen MR) is 84.4 cm³/mol. The number of aromatic nitrogens is 2. The van der Waals surface area contributed by atoms with Gasteiger partial charge in [-0.2, -0.15) is 11.8 Å². The number of nitrogens with zero attached hydrogens (tertiary/aromatic N) is 2. The van der Waals surface area contributed by atoms with Gasteiger partial charge in [0.15, 0.2) is 0 Å². The Morgan fingerprint density at radius 2 is 2.37 bits per heavy atom. The van der Waals surface area contributed by atoms with Gasteiger partial charge in [0, 0.05) is 6.54 Å². The number of hydrogen-bond donors (Lipinski definition) is 0. The number of hydrogen-bond acceptors (Lipinski definition) is 2. The maximum atomic E-state index is 6.29. The molecule has 0 bridgehead atoms. The number of rotatable bonds is 3. The number of fused-ring (bicyclic) bond motifs is 1. The first kappa shape index (κ1) is 13.6. The molecule has 0 radical (unpaired) electrons. The number of para-hydroxylation sites is 1. The van der Waals surface area contributed by atoms with E-state index in [4.69, 9.17) is 23.2 Å². The van der Waals surface area contributed by atoms with Crippen LogP contribution in [0.3, 0.4) is 0 Å². The average molecular weight is 315 g/mol. The van der Waals surface area contributed by atoms with Gasteiger partial charge in [0.2, 0.25) is 0 Å². The lowest BCUT2D eigenvalue weighted by Gasteiger charge is -2.14. The number of alkyl halides is 1. The van der Waals surface area contributed by atoms with Crippen LogP contribution in [0.2, 0.25) is 5.02 Å². The summed E-state index contributed by atoms with van der Waals surface area (Å²) < 4.78 is 2.26. The fourth-order valence-corrected chi connectivity index (χ4v) is 4.26. The van der Waals surface area contributed by atoms with E-state index in [1.807, 2.05) is 30.8 Å². The summed E-state index contributed by atoms with van der Waals surface area (Å²) in [4.78, 5) is 4.65. The van der Waals surface area contributed by atoms with Crippen molar-refractivity contribution in [3.63, 3.8) is 0 Å². The summed E-state index contributed by atoms with van der Waals surface area (Å²) in [5.74, 6) is 4.15. The molecule has 1 aliphatic heterocycles. The molecule has 1 aromatic heterocycles. The SMILES string of the molecule is CC(Cl)c1nc2c(Cl)cccc2n1CC1CCSC1. The van der Waals surface area contributed by atoms with Crippen molar-refractivity contribution >= 4 is 46.0 Å². The van der Waals surface area contributed by atoms with Crippen LogP contribution in [0.15, 0.2) is 18.2 Å². The second-order valence-corrected chi connectivity index (χ2v) is 7.25. The average Bonchev–Trinajstić information content (AvgIpc) is 2.99. The lowest BCUT2D eigenvalue weighted by molar-refractivity contribution is 0.488. The van der Waals surface area contributed by atoms with E-state index in [2.05, 4.69) is 15.6 Å². The summed E-state index contributed by atoms with van der Waals surface area (Å²) in [6.45, 7) is 2.97. The Hall–Kier alpha value is -0.380. The van der Waals surface area contributed by atoms with Crippen molar-refractivity contribution in [2.24, 2.45) is 5.92 Å². The highest BCUT2D eigenvalue weighted by molar-refractivity contribution is 7.99. The fraction of sp³-hybridized carbons (Fsp3) is 0.500. The molecule has 2 aromatic rings. The zero-order valence-electron chi connectivity index (χ0n) is 10.8. The molecule has 2 unspecified atom stereocenters. The van der Waals surface area contributed by atoms with Crippen LogP contribution in [0.25, 0.3) is 11.0 Å². The normalized spacial score (nSPS) is 21.1. The van der Waals surface area contributed by atoms with Crippen molar-refractivity contribution in [1.29, 1.82) is 0 Å². The van der Waals surface area contributed by atoms with Gasteiger partial charge in [-0.15, -0.1) is 11.6 Å². The Morgan fingerprint density at radius 3 is 3.05 bits per heavy atom. The summed E-state index contributed by atoms with van der Waals surface area (Å²) in [6.07, 6.45) is 1.28. The molecule has 2 nitrogen and oxygen atoms in total.